The van der Waals surface area contributed by atoms with Crippen molar-refractivity contribution in [1.29, 1.82) is 0 Å². The third-order valence-corrected chi connectivity index (χ3v) is 5.50. The number of rotatable bonds is 2. The fourth-order valence-electron chi connectivity index (χ4n) is 4.18. The minimum Gasteiger partial charge on any atom is -0.339 e. The molecule has 0 aliphatic carbocycles. The number of aryl methyl sites for hydroxylation is 2. The number of hydrogen-bond donors (Lipinski definition) is 0. The van der Waals surface area contributed by atoms with E-state index in [-0.39, 0.29) is 17.8 Å². The zero-order valence-corrected chi connectivity index (χ0v) is 15.2. The largest absolute Gasteiger partial charge is 0.339 e. The Hall–Kier alpha value is -2.62. The number of piperidine rings is 1. The Kier molecular flexibility index (Phi) is 4.27. The molecule has 1 fully saturated rings. The van der Waals surface area contributed by atoms with Gasteiger partial charge in [-0.2, -0.15) is 0 Å². The lowest BCUT2D eigenvalue weighted by Gasteiger charge is -2.36. The summed E-state index contributed by atoms with van der Waals surface area (Å²) in [4.78, 5) is 15.3. The normalized spacial score (nSPS) is 17.7. The lowest BCUT2D eigenvalue weighted by atomic mass is 9.95. The number of carbonyl (C=O) groups is 1. The van der Waals surface area contributed by atoms with Crippen molar-refractivity contribution in [3.05, 3.63) is 71.2 Å². The van der Waals surface area contributed by atoms with Crippen molar-refractivity contribution in [1.82, 2.24) is 9.47 Å². The Bertz CT molecular complexity index is 958. The topological polar surface area (TPSA) is 25.2 Å². The van der Waals surface area contributed by atoms with E-state index >= 15 is 0 Å². The molecule has 1 aliphatic rings. The van der Waals surface area contributed by atoms with Gasteiger partial charge in [0, 0.05) is 19.0 Å². The lowest BCUT2D eigenvalue weighted by molar-refractivity contribution is 0.0602. The first-order valence-electron chi connectivity index (χ1n) is 9.18. The number of amides is 1. The van der Waals surface area contributed by atoms with Crippen LogP contribution in [0.25, 0.3) is 10.9 Å². The number of aromatic nitrogens is 1. The van der Waals surface area contributed by atoms with Gasteiger partial charge in [-0.05, 0) is 55.5 Å². The molecule has 4 rings (SSSR count). The van der Waals surface area contributed by atoms with Crippen LogP contribution in [-0.4, -0.2) is 21.9 Å². The number of hydrogen-bond acceptors (Lipinski definition) is 1. The van der Waals surface area contributed by atoms with Gasteiger partial charge in [-0.1, -0.05) is 30.3 Å². The van der Waals surface area contributed by atoms with Gasteiger partial charge in [-0.3, -0.25) is 4.79 Å². The third-order valence-electron chi connectivity index (χ3n) is 5.50. The smallest absolute Gasteiger partial charge is 0.271 e. The summed E-state index contributed by atoms with van der Waals surface area (Å²) in [6.45, 7) is 2.81. The highest BCUT2D eigenvalue weighted by atomic mass is 19.1. The Balaban J connectivity index is 1.73. The van der Waals surface area contributed by atoms with E-state index in [9.17, 15) is 9.18 Å². The maximum atomic E-state index is 13.4. The lowest BCUT2D eigenvalue weighted by Crippen LogP contribution is -2.39. The predicted octanol–water partition coefficient (Wildman–Crippen LogP) is 4.99. The van der Waals surface area contributed by atoms with Crippen LogP contribution in [0.1, 0.15) is 46.9 Å². The van der Waals surface area contributed by atoms with Gasteiger partial charge in [0.1, 0.15) is 11.5 Å². The molecule has 1 atom stereocenters. The van der Waals surface area contributed by atoms with E-state index in [1.807, 2.05) is 34.7 Å². The number of benzene rings is 2. The minimum atomic E-state index is -0.244. The second kappa shape index (κ2) is 6.60. The first-order valence-corrected chi connectivity index (χ1v) is 9.18. The second-order valence-electron chi connectivity index (χ2n) is 7.16. The summed E-state index contributed by atoms with van der Waals surface area (Å²) >= 11 is 0. The molecule has 1 unspecified atom stereocenters. The van der Waals surface area contributed by atoms with E-state index in [2.05, 4.69) is 13.0 Å². The monoisotopic (exact) mass is 350 g/mol. The molecule has 0 spiro atoms. The zero-order chi connectivity index (χ0) is 18.3. The molecular formula is C22H23FN2O. The summed E-state index contributed by atoms with van der Waals surface area (Å²) < 4.78 is 15.3. The fourth-order valence-corrected chi connectivity index (χ4v) is 4.18. The average molecular weight is 350 g/mol. The van der Waals surface area contributed by atoms with Crippen LogP contribution in [0.15, 0.2) is 48.5 Å². The molecule has 4 heteroatoms. The highest BCUT2D eigenvalue weighted by molar-refractivity contribution is 5.99. The molecular weight excluding hydrogens is 327 g/mol. The first kappa shape index (κ1) is 16.8. The summed E-state index contributed by atoms with van der Waals surface area (Å²) in [5, 5.41) is 1.09. The van der Waals surface area contributed by atoms with Crippen molar-refractivity contribution in [2.24, 2.45) is 7.05 Å². The molecule has 0 N–H and O–H groups in total. The van der Waals surface area contributed by atoms with E-state index in [0.29, 0.717) is 5.69 Å². The third kappa shape index (κ3) is 2.79. The maximum Gasteiger partial charge on any atom is 0.271 e. The SMILES string of the molecule is Cc1cccc2cc(C(=O)N3CCCCC3c3ccc(F)cc3)n(C)c12. The van der Waals surface area contributed by atoms with E-state index in [1.165, 1.54) is 12.1 Å². The molecule has 1 aromatic heterocycles. The summed E-state index contributed by atoms with van der Waals surface area (Å²) in [6, 6.07) is 14.7. The van der Waals surface area contributed by atoms with Crippen LogP contribution in [0, 0.1) is 12.7 Å². The van der Waals surface area contributed by atoms with Crippen LogP contribution in [0.4, 0.5) is 4.39 Å². The van der Waals surface area contributed by atoms with Gasteiger partial charge in [0.25, 0.3) is 5.91 Å². The number of fused-ring (bicyclic) bond motifs is 1. The summed E-state index contributed by atoms with van der Waals surface area (Å²) in [5.41, 5.74) is 3.99. The van der Waals surface area contributed by atoms with Gasteiger partial charge in [-0.15, -0.1) is 0 Å². The van der Waals surface area contributed by atoms with E-state index in [4.69, 9.17) is 0 Å². The van der Waals surface area contributed by atoms with Crippen LogP contribution >= 0.6 is 0 Å². The van der Waals surface area contributed by atoms with Gasteiger partial charge < -0.3 is 9.47 Å². The second-order valence-corrected chi connectivity index (χ2v) is 7.16. The number of carbonyl (C=O) groups excluding carboxylic acids is 1. The molecule has 1 amide bonds. The van der Waals surface area contributed by atoms with Crippen molar-refractivity contribution >= 4 is 16.8 Å². The number of likely N-dealkylation sites (tertiary alicyclic amines) is 1. The van der Waals surface area contributed by atoms with Gasteiger partial charge in [0.2, 0.25) is 0 Å². The molecule has 134 valence electrons. The summed E-state index contributed by atoms with van der Waals surface area (Å²) in [7, 11) is 1.96. The van der Waals surface area contributed by atoms with Gasteiger partial charge in [-0.25, -0.2) is 4.39 Å². The molecule has 1 aliphatic heterocycles. The van der Waals surface area contributed by atoms with Gasteiger partial charge >= 0.3 is 0 Å². The summed E-state index contributed by atoms with van der Waals surface area (Å²) in [6.07, 6.45) is 3.01. The van der Waals surface area contributed by atoms with Crippen molar-refractivity contribution < 1.29 is 9.18 Å². The van der Waals surface area contributed by atoms with Gasteiger partial charge in [0.15, 0.2) is 0 Å². The zero-order valence-electron chi connectivity index (χ0n) is 15.2. The van der Waals surface area contributed by atoms with Crippen molar-refractivity contribution in [3.63, 3.8) is 0 Å². The quantitative estimate of drug-likeness (QED) is 0.639. The molecule has 1 saturated heterocycles. The molecule has 26 heavy (non-hydrogen) atoms. The number of nitrogens with zero attached hydrogens (tertiary/aromatic N) is 2. The number of para-hydroxylation sites is 1. The molecule has 0 radical (unpaired) electrons. The molecule has 3 aromatic rings. The molecule has 0 saturated carbocycles. The van der Waals surface area contributed by atoms with Crippen molar-refractivity contribution in [2.45, 2.75) is 32.2 Å². The van der Waals surface area contributed by atoms with Crippen LogP contribution in [0.2, 0.25) is 0 Å². The van der Waals surface area contributed by atoms with Crippen LogP contribution in [0.5, 0.6) is 0 Å². The predicted molar refractivity (Wildman–Crippen MR) is 102 cm³/mol. The average Bonchev–Trinajstić information content (AvgIpc) is 3.00. The highest BCUT2D eigenvalue weighted by Gasteiger charge is 2.30. The van der Waals surface area contributed by atoms with Gasteiger partial charge in [0.05, 0.1) is 11.6 Å². The van der Waals surface area contributed by atoms with Crippen molar-refractivity contribution in [2.75, 3.05) is 6.54 Å². The minimum absolute atomic E-state index is 0.0101. The van der Waals surface area contributed by atoms with E-state index in [1.54, 1.807) is 12.1 Å². The molecule has 2 heterocycles. The van der Waals surface area contributed by atoms with E-state index < -0.39 is 0 Å². The standard InChI is InChI=1S/C22H23FN2O/c1-15-6-5-7-17-14-20(24(2)21(15)17)22(26)25-13-4-3-8-19(25)16-9-11-18(23)12-10-16/h5-7,9-12,14,19H,3-4,8,13H2,1-2H3. The highest BCUT2D eigenvalue weighted by Crippen LogP contribution is 2.33. The molecule has 3 nitrogen and oxygen atoms in total. The summed E-state index contributed by atoms with van der Waals surface area (Å²) in [5.74, 6) is -0.191. The van der Waals surface area contributed by atoms with Crippen LogP contribution in [-0.2, 0) is 7.05 Å². The Morgan fingerprint density at radius 3 is 2.62 bits per heavy atom. The Labute approximate surface area is 153 Å². The van der Waals surface area contributed by atoms with Crippen LogP contribution in [0.3, 0.4) is 0 Å². The molecule has 0 bridgehead atoms. The van der Waals surface area contributed by atoms with E-state index in [0.717, 1.165) is 47.8 Å². The first-order chi connectivity index (χ1) is 12.6. The fraction of sp³-hybridized carbons (Fsp3) is 0.318. The Morgan fingerprint density at radius 2 is 1.88 bits per heavy atom. The number of halogens is 1. The maximum absolute atomic E-state index is 13.4. The Morgan fingerprint density at radius 1 is 1.12 bits per heavy atom. The van der Waals surface area contributed by atoms with Crippen LogP contribution < -0.4 is 0 Å². The molecule has 2 aromatic carbocycles. The van der Waals surface area contributed by atoms with Crippen molar-refractivity contribution in [3.8, 4) is 0 Å².